The van der Waals surface area contributed by atoms with E-state index in [1.165, 1.54) is 19.3 Å². The molecule has 3 rings (SSSR count). The van der Waals surface area contributed by atoms with Crippen molar-refractivity contribution < 1.29 is 0 Å². The van der Waals surface area contributed by atoms with Gasteiger partial charge in [0.2, 0.25) is 5.95 Å². The molecule has 2 N–H and O–H groups in total. The van der Waals surface area contributed by atoms with E-state index >= 15 is 0 Å². The smallest absolute Gasteiger partial charge is 0.201 e. The van der Waals surface area contributed by atoms with Crippen LogP contribution in [0.25, 0.3) is 11.0 Å². The minimum absolute atomic E-state index is 0.240. The van der Waals surface area contributed by atoms with Crippen LogP contribution >= 0.6 is 15.9 Å². The largest absolute Gasteiger partial charge is 0.369 e. The molecule has 19 heavy (non-hydrogen) atoms. The van der Waals surface area contributed by atoms with E-state index in [2.05, 4.69) is 50.5 Å². The molecule has 1 aliphatic carbocycles. The lowest BCUT2D eigenvalue weighted by Gasteiger charge is -2.47. The van der Waals surface area contributed by atoms with E-state index in [-0.39, 0.29) is 5.54 Å². The molecule has 1 aliphatic rings. The average Bonchev–Trinajstić information content (AvgIpc) is 2.59. The highest BCUT2D eigenvalue weighted by atomic mass is 79.9. The second-order valence-electron chi connectivity index (χ2n) is 5.66. The Morgan fingerprint density at radius 1 is 1.42 bits per heavy atom. The van der Waals surface area contributed by atoms with E-state index in [1.807, 2.05) is 12.1 Å². The minimum Gasteiger partial charge on any atom is -0.369 e. The van der Waals surface area contributed by atoms with Crippen molar-refractivity contribution in [3.05, 3.63) is 22.7 Å². The van der Waals surface area contributed by atoms with Gasteiger partial charge in [0, 0.05) is 16.6 Å². The number of imidazole rings is 1. The van der Waals surface area contributed by atoms with Crippen LogP contribution < -0.4 is 5.73 Å². The van der Waals surface area contributed by atoms with Gasteiger partial charge in [-0.25, -0.2) is 4.98 Å². The summed E-state index contributed by atoms with van der Waals surface area (Å²) in [4.78, 5) is 6.79. The summed E-state index contributed by atoms with van der Waals surface area (Å²) in [5.41, 5.74) is 8.43. The summed E-state index contributed by atoms with van der Waals surface area (Å²) >= 11 is 3.52. The Morgan fingerprint density at radius 2 is 2.16 bits per heavy atom. The fourth-order valence-corrected chi connectivity index (χ4v) is 3.26. The van der Waals surface area contributed by atoms with Crippen LogP contribution in [0.2, 0.25) is 0 Å². The van der Waals surface area contributed by atoms with Crippen LogP contribution in [0.3, 0.4) is 0 Å². The van der Waals surface area contributed by atoms with Crippen LogP contribution in [0, 0.1) is 0 Å². The topological polar surface area (TPSA) is 47.1 Å². The maximum absolute atomic E-state index is 6.11. The molecular weight excluding hydrogens is 304 g/mol. The predicted molar refractivity (Wildman–Crippen MR) is 82.1 cm³/mol. The Kier molecular flexibility index (Phi) is 3.06. The monoisotopic (exact) mass is 322 g/mol. The molecule has 1 aromatic carbocycles. The van der Waals surface area contributed by atoms with Gasteiger partial charge in [-0.05, 0) is 51.6 Å². The third kappa shape index (κ3) is 2.05. The number of aromatic nitrogens is 2. The molecule has 0 spiro atoms. The van der Waals surface area contributed by atoms with Gasteiger partial charge in [0.05, 0.1) is 11.0 Å². The molecular formula is C14H19BrN4. The summed E-state index contributed by atoms with van der Waals surface area (Å²) < 4.78 is 3.22. The van der Waals surface area contributed by atoms with Gasteiger partial charge in [0.25, 0.3) is 0 Å². The third-order valence-electron chi connectivity index (χ3n) is 4.43. The lowest BCUT2D eigenvalue weighted by atomic mass is 9.75. The zero-order valence-electron chi connectivity index (χ0n) is 11.4. The normalized spacial score (nSPS) is 17.9. The maximum atomic E-state index is 6.11. The summed E-state index contributed by atoms with van der Waals surface area (Å²) in [6, 6.07) is 6.11. The zero-order chi connectivity index (χ0) is 13.6. The number of halogens is 1. The molecule has 0 radical (unpaired) electrons. The molecule has 0 saturated heterocycles. The van der Waals surface area contributed by atoms with Crippen LogP contribution in [0.4, 0.5) is 5.95 Å². The second kappa shape index (κ2) is 4.49. The standard InChI is InChI=1S/C14H19BrN4/c1-18(2)14(6-3-7-14)9-19-12-8-10(15)4-5-11(12)17-13(19)16/h4-5,8H,3,6-7,9H2,1-2H3,(H2,16,17). The molecule has 0 amide bonds. The van der Waals surface area contributed by atoms with Gasteiger partial charge >= 0.3 is 0 Å². The molecule has 1 saturated carbocycles. The van der Waals surface area contributed by atoms with Gasteiger partial charge in [-0.15, -0.1) is 0 Å². The van der Waals surface area contributed by atoms with E-state index in [0.717, 1.165) is 22.1 Å². The third-order valence-corrected chi connectivity index (χ3v) is 4.92. The van der Waals surface area contributed by atoms with Crippen LogP contribution in [-0.2, 0) is 6.54 Å². The second-order valence-corrected chi connectivity index (χ2v) is 6.58. The first-order chi connectivity index (χ1) is 9.02. The average molecular weight is 323 g/mol. The fraction of sp³-hybridized carbons (Fsp3) is 0.500. The first kappa shape index (κ1) is 12.9. The molecule has 1 fully saturated rings. The van der Waals surface area contributed by atoms with Crippen molar-refractivity contribution in [2.75, 3.05) is 19.8 Å². The molecule has 5 heteroatoms. The number of nitrogen functional groups attached to an aromatic ring is 1. The van der Waals surface area contributed by atoms with Crippen molar-refractivity contribution >= 4 is 32.9 Å². The summed E-state index contributed by atoms with van der Waals surface area (Å²) in [5.74, 6) is 0.612. The van der Waals surface area contributed by atoms with E-state index in [1.54, 1.807) is 0 Å². The van der Waals surface area contributed by atoms with Crippen molar-refractivity contribution in [1.82, 2.24) is 14.5 Å². The van der Waals surface area contributed by atoms with Crippen molar-refractivity contribution in [3.8, 4) is 0 Å². The van der Waals surface area contributed by atoms with Crippen LogP contribution in [0.1, 0.15) is 19.3 Å². The lowest BCUT2D eigenvalue weighted by Crippen LogP contribution is -2.53. The minimum atomic E-state index is 0.240. The molecule has 0 aliphatic heterocycles. The highest BCUT2D eigenvalue weighted by Gasteiger charge is 2.40. The number of hydrogen-bond acceptors (Lipinski definition) is 3. The van der Waals surface area contributed by atoms with Crippen molar-refractivity contribution in [2.24, 2.45) is 0 Å². The van der Waals surface area contributed by atoms with Crippen molar-refractivity contribution in [3.63, 3.8) is 0 Å². The number of nitrogens with two attached hydrogens (primary N) is 1. The molecule has 0 unspecified atom stereocenters. The number of hydrogen-bond donors (Lipinski definition) is 1. The molecule has 102 valence electrons. The van der Waals surface area contributed by atoms with Crippen LogP contribution in [0.15, 0.2) is 22.7 Å². The predicted octanol–water partition coefficient (Wildman–Crippen LogP) is 2.87. The Bertz CT molecular complexity index is 613. The van der Waals surface area contributed by atoms with Gasteiger partial charge in [0.1, 0.15) is 0 Å². The number of likely N-dealkylation sites (N-methyl/N-ethyl adjacent to an activating group) is 1. The quantitative estimate of drug-likeness (QED) is 0.945. The van der Waals surface area contributed by atoms with Gasteiger partial charge in [-0.1, -0.05) is 15.9 Å². The summed E-state index contributed by atoms with van der Waals surface area (Å²) in [6.07, 6.45) is 3.76. The summed E-state index contributed by atoms with van der Waals surface area (Å²) in [6.45, 7) is 0.915. The summed E-state index contributed by atoms with van der Waals surface area (Å²) in [5, 5.41) is 0. The highest BCUT2D eigenvalue weighted by Crippen LogP contribution is 2.39. The van der Waals surface area contributed by atoms with Gasteiger partial charge in [-0.3, -0.25) is 0 Å². The van der Waals surface area contributed by atoms with E-state index in [9.17, 15) is 0 Å². The Balaban J connectivity index is 2.05. The molecule has 2 aromatic rings. The fourth-order valence-electron chi connectivity index (χ4n) is 2.91. The van der Waals surface area contributed by atoms with Crippen molar-refractivity contribution in [1.29, 1.82) is 0 Å². The molecule has 1 aromatic heterocycles. The zero-order valence-corrected chi connectivity index (χ0v) is 12.9. The molecule has 0 atom stereocenters. The first-order valence-corrected chi connectivity index (χ1v) is 7.40. The number of nitrogens with zero attached hydrogens (tertiary/aromatic N) is 3. The Hall–Kier alpha value is -1.07. The summed E-state index contributed by atoms with van der Waals surface area (Å²) in [7, 11) is 4.31. The van der Waals surface area contributed by atoms with Crippen LogP contribution in [-0.4, -0.2) is 34.1 Å². The molecule has 1 heterocycles. The van der Waals surface area contributed by atoms with E-state index < -0.39 is 0 Å². The first-order valence-electron chi connectivity index (χ1n) is 6.61. The van der Waals surface area contributed by atoms with E-state index in [0.29, 0.717) is 5.95 Å². The Labute approximate surface area is 121 Å². The highest BCUT2D eigenvalue weighted by molar-refractivity contribution is 9.10. The Morgan fingerprint density at radius 3 is 2.74 bits per heavy atom. The number of anilines is 1. The molecule has 0 bridgehead atoms. The number of rotatable bonds is 3. The number of fused-ring (bicyclic) bond motifs is 1. The van der Waals surface area contributed by atoms with Gasteiger partial charge < -0.3 is 15.2 Å². The van der Waals surface area contributed by atoms with Gasteiger partial charge in [0.15, 0.2) is 0 Å². The SMILES string of the molecule is CN(C)C1(Cn2c(N)nc3ccc(Br)cc32)CCC1. The maximum Gasteiger partial charge on any atom is 0.201 e. The lowest BCUT2D eigenvalue weighted by molar-refractivity contribution is 0.0440. The number of benzene rings is 1. The van der Waals surface area contributed by atoms with Gasteiger partial charge in [-0.2, -0.15) is 0 Å². The molecule has 4 nitrogen and oxygen atoms in total. The van der Waals surface area contributed by atoms with Crippen LogP contribution in [0.5, 0.6) is 0 Å². The van der Waals surface area contributed by atoms with E-state index in [4.69, 9.17) is 5.73 Å². The van der Waals surface area contributed by atoms with Crippen molar-refractivity contribution in [2.45, 2.75) is 31.3 Å².